The smallest absolute Gasteiger partial charge is 0.222 e. The zero-order valence-corrected chi connectivity index (χ0v) is 23.6. The van der Waals surface area contributed by atoms with Gasteiger partial charge < -0.3 is 4.90 Å². The molecule has 0 aliphatic carbocycles. The lowest BCUT2D eigenvalue weighted by molar-refractivity contribution is -0.132. The highest BCUT2D eigenvalue weighted by Crippen LogP contribution is 2.14. The Labute approximate surface area is 216 Å². The minimum atomic E-state index is 0.310. The molecule has 1 amide bonds. The lowest BCUT2D eigenvalue weighted by Crippen LogP contribution is -2.48. The number of nitrogens with zero attached hydrogens (tertiary/aromatic N) is 2. The molecule has 3 nitrogen and oxygen atoms in total. The minimum Gasteiger partial charge on any atom is -0.340 e. The van der Waals surface area contributed by atoms with E-state index < -0.39 is 0 Å². The lowest BCUT2D eigenvalue weighted by atomic mass is 10.0. The van der Waals surface area contributed by atoms with E-state index in [2.05, 4.69) is 63.8 Å². The number of piperazine rings is 1. The predicted molar refractivity (Wildman–Crippen MR) is 151 cm³/mol. The monoisotopic (exact) mass is 490 g/mol. The van der Waals surface area contributed by atoms with Crippen molar-refractivity contribution in [2.45, 2.75) is 98.8 Å². The first kappa shape index (κ1) is 30.7. The van der Waals surface area contributed by atoms with Gasteiger partial charge in [-0.1, -0.05) is 46.6 Å². The molecule has 0 aromatic carbocycles. The van der Waals surface area contributed by atoms with E-state index in [9.17, 15) is 4.79 Å². The lowest BCUT2D eigenvalue weighted by Gasteiger charge is -2.34. The third-order valence-corrected chi connectivity index (χ3v) is 6.86. The van der Waals surface area contributed by atoms with Gasteiger partial charge in [0.2, 0.25) is 5.91 Å². The van der Waals surface area contributed by atoms with E-state index in [1.807, 2.05) is 4.90 Å². The minimum absolute atomic E-state index is 0.310. The summed E-state index contributed by atoms with van der Waals surface area (Å²) in [5.41, 5.74) is 5.79. The van der Waals surface area contributed by atoms with Crippen molar-refractivity contribution in [3.8, 4) is 0 Å². The normalized spacial score (nSPS) is 16.2. The van der Waals surface area contributed by atoms with Crippen molar-refractivity contribution < 1.29 is 4.79 Å². The molecule has 1 saturated heterocycles. The fourth-order valence-electron chi connectivity index (χ4n) is 4.24. The van der Waals surface area contributed by atoms with Crippen LogP contribution in [0.15, 0.2) is 46.6 Å². The molecule has 0 atom stereocenters. The molecular formula is C30H51ClN2O. The van der Waals surface area contributed by atoms with Gasteiger partial charge in [-0.2, -0.15) is 0 Å². The van der Waals surface area contributed by atoms with Crippen LogP contribution in [0.4, 0.5) is 0 Å². The molecule has 1 aliphatic heterocycles. The van der Waals surface area contributed by atoms with E-state index in [1.54, 1.807) is 0 Å². The summed E-state index contributed by atoms with van der Waals surface area (Å²) in [6.45, 7) is 15.9. The van der Waals surface area contributed by atoms with Gasteiger partial charge in [-0.05, 0) is 99.0 Å². The first-order valence-corrected chi connectivity index (χ1v) is 14.0. The molecule has 0 unspecified atom stereocenters. The van der Waals surface area contributed by atoms with Crippen LogP contribution in [0.5, 0.6) is 0 Å². The maximum absolute atomic E-state index is 12.5. The second kappa shape index (κ2) is 18.9. The van der Waals surface area contributed by atoms with Crippen LogP contribution < -0.4 is 0 Å². The molecular weight excluding hydrogens is 440 g/mol. The number of allylic oxidation sites excluding steroid dienone is 8. The van der Waals surface area contributed by atoms with Crippen molar-refractivity contribution >= 4 is 17.5 Å². The summed E-state index contributed by atoms with van der Waals surface area (Å²) in [5, 5.41) is 0. The topological polar surface area (TPSA) is 23.6 Å². The maximum Gasteiger partial charge on any atom is 0.222 e. The van der Waals surface area contributed by atoms with Gasteiger partial charge in [-0.15, -0.1) is 11.6 Å². The zero-order chi connectivity index (χ0) is 25.2. The second-order valence-corrected chi connectivity index (χ2v) is 10.6. The number of hydrogen-bond donors (Lipinski definition) is 0. The highest BCUT2D eigenvalue weighted by Gasteiger charge is 2.19. The number of carbonyl (C=O) groups is 1. The molecule has 0 bridgehead atoms. The number of unbranched alkanes of at least 4 members (excludes halogenated alkanes) is 1. The number of hydrogen-bond acceptors (Lipinski definition) is 2. The number of carbonyl (C=O) groups excluding carboxylic acids is 1. The van der Waals surface area contributed by atoms with Crippen LogP contribution in [0, 0.1) is 0 Å². The van der Waals surface area contributed by atoms with Crippen LogP contribution in [0.2, 0.25) is 0 Å². The second-order valence-electron chi connectivity index (χ2n) is 10.2. The fraction of sp³-hybridized carbons (Fsp3) is 0.700. The molecule has 0 spiro atoms. The fourth-order valence-corrected chi connectivity index (χ4v) is 4.43. The Morgan fingerprint density at radius 1 is 0.676 bits per heavy atom. The molecule has 1 fully saturated rings. The Kier molecular flexibility index (Phi) is 17.1. The van der Waals surface area contributed by atoms with Crippen LogP contribution >= 0.6 is 11.6 Å². The quantitative estimate of drug-likeness (QED) is 0.124. The van der Waals surface area contributed by atoms with Crippen molar-refractivity contribution in [2.75, 3.05) is 38.6 Å². The molecule has 0 N–H and O–H groups in total. The Bertz CT molecular complexity index is 693. The van der Waals surface area contributed by atoms with E-state index in [1.165, 1.54) is 28.7 Å². The standard InChI is InChI=1S/C30H51ClN2O/c1-26(2)12-8-13-27(3)14-9-15-28(4)16-10-17-29(5)18-11-19-30(34)33-24-22-32(23-25-33)21-7-6-20-31/h12,14,16,18H,6-11,13,15,17,19-25H2,1-5H3/b27-14+,28-16+,29-18+. The number of rotatable bonds is 16. The first-order valence-electron chi connectivity index (χ1n) is 13.5. The summed E-state index contributed by atoms with van der Waals surface area (Å²) < 4.78 is 0. The molecule has 194 valence electrons. The summed E-state index contributed by atoms with van der Waals surface area (Å²) in [6, 6.07) is 0. The average molecular weight is 491 g/mol. The average Bonchev–Trinajstić information content (AvgIpc) is 2.79. The van der Waals surface area contributed by atoms with Gasteiger partial charge >= 0.3 is 0 Å². The largest absolute Gasteiger partial charge is 0.340 e. The molecule has 0 aromatic heterocycles. The van der Waals surface area contributed by atoms with E-state index in [-0.39, 0.29) is 0 Å². The molecule has 1 aliphatic rings. The van der Waals surface area contributed by atoms with Gasteiger partial charge in [0.15, 0.2) is 0 Å². The third kappa shape index (κ3) is 15.6. The zero-order valence-electron chi connectivity index (χ0n) is 22.8. The number of alkyl halides is 1. The van der Waals surface area contributed by atoms with Gasteiger partial charge in [0.25, 0.3) is 0 Å². The molecule has 4 heteroatoms. The van der Waals surface area contributed by atoms with Crippen LogP contribution in [0.3, 0.4) is 0 Å². The predicted octanol–water partition coefficient (Wildman–Crippen LogP) is 8.08. The molecule has 1 heterocycles. The van der Waals surface area contributed by atoms with Gasteiger partial charge in [-0.25, -0.2) is 0 Å². The Morgan fingerprint density at radius 2 is 1.15 bits per heavy atom. The van der Waals surface area contributed by atoms with Crippen LogP contribution in [0.25, 0.3) is 0 Å². The summed E-state index contributed by atoms with van der Waals surface area (Å²) in [7, 11) is 0. The maximum atomic E-state index is 12.5. The highest BCUT2D eigenvalue weighted by molar-refractivity contribution is 6.17. The molecule has 0 saturated carbocycles. The van der Waals surface area contributed by atoms with E-state index in [0.29, 0.717) is 12.3 Å². The van der Waals surface area contributed by atoms with Crippen LogP contribution in [0.1, 0.15) is 98.8 Å². The molecule has 34 heavy (non-hydrogen) atoms. The summed E-state index contributed by atoms with van der Waals surface area (Å²) in [6.07, 6.45) is 19.9. The Balaban J connectivity index is 2.19. The van der Waals surface area contributed by atoms with Gasteiger partial charge in [0.1, 0.15) is 0 Å². The molecule has 0 radical (unpaired) electrons. The summed E-state index contributed by atoms with van der Waals surface area (Å²) in [4.78, 5) is 17.0. The van der Waals surface area contributed by atoms with Crippen molar-refractivity contribution in [2.24, 2.45) is 0 Å². The van der Waals surface area contributed by atoms with E-state index in [0.717, 1.165) is 90.0 Å². The highest BCUT2D eigenvalue weighted by atomic mass is 35.5. The van der Waals surface area contributed by atoms with Crippen LogP contribution in [-0.4, -0.2) is 54.3 Å². The van der Waals surface area contributed by atoms with Crippen LogP contribution in [-0.2, 0) is 4.79 Å². The SMILES string of the molecule is CC(C)=CCC/C(C)=C/CC/C(C)=C/CC/C(C)=C/CCC(=O)N1CCN(CCCCCl)CC1. The van der Waals surface area contributed by atoms with Crippen molar-refractivity contribution in [1.29, 1.82) is 0 Å². The van der Waals surface area contributed by atoms with Crippen molar-refractivity contribution in [1.82, 2.24) is 9.80 Å². The van der Waals surface area contributed by atoms with Gasteiger partial charge in [0, 0.05) is 38.5 Å². The Hall–Kier alpha value is -1.32. The third-order valence-electron chi connectivity index (χ3n) is 6.59. The van der Waals surface area contributed by atoms with E-state index >= 15 is 0 Å². The van der Waals surface area contributed by atoms with Crippen molar-refractivity contribution in [3.63, 3.8) is 0 Å². The van der Waals surface area contributed by atoms with Gasteiger partial charge in [0.05, 0.1) is 0 Å². The number of halogens is 1. The molecule has 1 rings (SSSR count). The summed E-state index contributed by atoms with van der Waals surface area (Å²) in [5.74, 6) is 1.06. The van der Waals surface area contributed by atoms with Crippen molar-refractivity contribution in [3.05, 3.63) is 46.6 Å². The van der Waals surface area contributed by atoms with Gasteiger partial charge in [-0.3, -0.25) is 9.69 Å². The van der Waals surface area contributed by atoms with E-state index in [4.69, 9.17) is 11.6 Å². The first-order chi connectivity index (χ1) is 16.3. The Morgan fingerprint density at radius 3 is 1.62 bits per heavy atom. The molecule has 0 aromatic rings. The summed E-state index contributed by atoms with van der Waals surface area (Å²) >= 11 is 5.76. The number of amides is 1.